The molecule has 0 saturated carbocycles. The summed E-state index contributed by atoms with van der Waals surface area (Å²) in [6.07, 6.45) is -9.96. The van der Waals surface area contributed by atoms with E-state index in [0.717, 1.165) is 6.20 Å². The summed E-state index contributed by atoms with van der Waals surface area (Å²) in [6.45, 7) is -0.610. The molecule has 0 aromatic carbocycles. The summed E-state index contributed by atoms with van der Waals surface area (Å²) in [5.74, 6) is -3.09. The van der Waals surface area contributed by atoms with Gasteiger partial charge in [0, 0.05) is 18.7 Å². The maximum Gasteiger partial charge on any atom is 0.435 e. The summed E-state index contributed by atoms with van der Waals surface area (Å²) in [5, 5.41) is 20.4. The molecule has 1 rings (SSSR count). The minimum Gasteiger partial charge on any atom is -0.272 e. The van der Waals surface area contributed by atoms with Crippen LogP contribution in [-0.4, -0.2) is 16.0 Å². The van der Waals surface area contributed by atoms with Crippen LogP contribution in [0.4, 0.5) is 26.3 Å². The Morgan fingerprint density at radius 1 is 1.14 bits per heavy atom. The van der Waals surface area contributed by atoms with Crippen molar-refractivity contribution in [3.8, 4) is 12.1 Å². The van der Waals surface area contributed by atoms with Crippen LogP contribution < -0.4 is 0 Å². The molecular formula is C11H8F6N4. The molecule has 0 radical (unpaired) electrons. The standard InChI is InChI=1S/C11H8F6N4/c12-10(13,14)3-7(8(4-18)5-19)6-21-2-1-9(20-21)11(15,16)17/h1-2,7-8H,3,6H2. The fraction of sp³-hybridized carbons (Fsp3) is 0.545. The highest BCUT2D eigenvalue weighted by Crippen LogP contribution is 2.31. The predicted octanol–water partition coefficient (Wildman–Crippen LogP) is 3.13. The first-order chi connectivity index (χ1) is 9.56. The smallest absolute Gasteiger partial charge is 0.272 e. The highest BCUT2D eigenvalue weighted by Gasteiger charge is 2.37. The van der Waals surface area contributed by atoms with Crippen molar-refractivity contribution in [3.63, 3.8) is 0 Å². The SMILES string of the molecule is N#CC(C#N)C(Cn1ccc(C(F)(F)F)n1)CC(F)(F)F. The molecule has 0 amide bonds. The highest BCUT2D eigenvalue weighted by molar-refractivity contribution is 5.05. The van der Waals surface area contributed by atoms with E-state index in [1.807, 2.05) is 0 Å². The van der Waals surface area contributed by atoms with Crippen molar-refractivity contribution < 1.29 is 26.3 Å². The molecule has 21 heavy (non-hydrogen) atoms. The second-order valence-corrected chi connectivity index (χ2v) is 4.24. The first kappa shape index (κ1) is 16.8. The summed E-state index contributed by atoms with van der Waals surface area (Å²) < 4.78 is 74.9. The summed E-state index contributed by atoms with van der Waals surface area (Å²) >= 11 is 0. The van der Waals surface area contributed by atoms with E-state index in [-0.39, 0.29) is 0 Å². The molecule has 1 aromatic heterocycles. The Morgan fingerprint density at radius 3 is 2.10 bits per heavy atom. The van der Waals surface area contributed by atoms with E-state index >= 15 is 0 Å². The molecule has 0 spiro atoms. The minimum atomic E-state index is -4.71. The Hall–Kier alpha value is -2.23. The Balaban J connectivity index is 2.94. The molecule has 10 heteroatoms. The molecule has 0 saturated heterocycles. The zero-order chi connectivity index (χ0) is 16.3. The molecule has 1 heterocycles. The Bertz CT molecular complexity index is 545. The van der Waals surface area contributed by atoms with Gasteiger partial charge < -0.3 is 0 Å². The Kier molecular flexibility index (Phi) is 4.84. The van der Waals surface area contributed by atoms with Crippen molar-refractivity contribution in [2.75, 3.05) is 0 Å². The van der Waals surface area contributed by atoms with E-state index in [2.05, 4.69) is 5.10 Å². The molecule has 0 aliphatic carbocycles. The fourth-order valence-corrected chi connectivity index (χ4v) is 1.68. The Morgan fingerprint density at radius 2 is 1.71 bits per heavy atom. The lowest BCUT2D eigenvalue weighted by Gasteiger charge is -2.19. The normalized spacial score (nSPS) is 13.8. The molecule has 4 nitrogen and oxygen atoms in total. The maximum atomic E-state index is 12.4. The molecule has 1 atom stereocenters. The largest absolute Gasteiger partial charge is 0.435 e. The fourth-order valence-electron chi connectivity index (χ4n) is 1.68. The first-order valence-corrected chi connectivity index (χ1v) is 5.53. The van der Waals surface area contributed by atoms with Gasteiger partial charge in [0.25, 0.3) is 0 Å². The number of nitrogens with zero attached hydrogens (tertiary/aromatic N) is 4. The van der Waals surface area contributed by atoms with E-state index < -0.39 is 42.8 Å². The monoisotopic (exact) mass is 310 g/mol. The predicted molar refractivity (Wildman–Crippen MR) is 56.1 cm³/mol. The van der Waals surface area contributed by atoms with Crippen molar-refractivity contribution in [1.29, 1.82) is 10.5 Å². The lowest BCUT2D eigenvalue weighted by Crippen LogP contribution is -2.25. The van der Waals surface area contributed by atoms with Crippen molar-refractivity contribution >= 4 is 0 Å². The lowest BCUT2D eigenvalue weighted by atomic mass is 9.91. The zero-order valence-corrected chi connectivity index (χ0v) is 10.3. The third-order valence-corrected chi connectivity index (χ3v) is 2.60. The van der Waals surface area contributed by atoms with Crippen LogP contribution in [-0.2, 0) is 12.7 Å². The van der Waals surface area contributed by atoms with E-state index in [9.17, 15) is 26.3 Å². The number of halogens is 6. The van der Waals surface area contributed by atoms with Gasteiger partial charge in [0.05, 0.1) is 18.6 Å². The number of alkyl halides is 6. The van der Waals surface area contributed by atoms with Gasteiger partial charge in [-0.05, 0) is 6.07 Å². The van der Waals surface area contributed by atoms with Gasteiger partial charge in [-0.25, -0.2) is 0 Å². The Labute approximate surface area is 115 Å². The summed E-state index contributed by atoms with van der Waals surface area (Å²) in [7, 11) is 0. The van der Waals surface area contributed by atoms with Gasteiger partial charge >= 0.3 is 12.4 Å². The highest BCUT2D eigenvalue weighted by atomic mass is 19.4. The molecule has 1 aromatic rings. The van der Waals surface area contributed by atoms with Gasteiger partial charge in [0.2, 0.25) is 0 Å². The van der Waals surface area contributed by atoms with E-state index in [4.69, 9.17) is 10.5 Å². The third kappa shape index (κ3) is 4.99. The van der Waals surface area contributed by atoms with Gasteiger partial charge in [0.15, 0.2) is 5.69 Å². The molecule has 0 bridgehead atoms. The van der Waals surface area contributed by atoms with Crippen LogP contribution in [0.3, 0.4) is 0 Å². The van der Waals surface area contributed by atoms with E-state index in [1.54, 1.807) is 0 Å². The van der Waals surface area contributed by atoms with Crippen LogP contribution in [0.1, 0.15) is 12.1 Å². The topological polar surface area (TPSA) is 65.4 Å². The van der Waals surface area contributed by atoms with Gasteiger partial charge in [-0.2, -0.15) is 42.0 Å². The minimum absolute atomic E-state index is 0.610. The van der Waals surface area contributed by atoms with Crippen LogP contribution in [0, 0.1) is 34.5 Å². The number of rotatable bonds is 4. The second kappa shape index (κ2) is 6.04. The van der Waals surface area contributed by atoms with Crippen LogP contribution in [0.15, 0.2) is 12.3 Å². The number of hydrogen-bond acceptors (Lipinski definition) is 3. The molecule has 0 N–H and O–H groups in total. The number of hydrogen-bond donors (Lipinski definition) is 0. The van der Waals surface area contributed by atoms with Crippen LogP contribution >= 0.6 is 0 Å². The first-order valence-electron chi connectivity index (χ1n) is 5.53. The van der Waals surface area contributed by atoms with Crippen LogP contribution in [0.25, 0.3) is 0 Å². The number of nitriles is 2. The van der Waals surface area contributed by atoms with Gasteiger partial charge in [-0.1, -0.05) is 0 Å². The summed E-state index contributed by atoms with van der Waals surface area (Å²) in [4.78, 5) is 0. The van der Waals surface area contributed by atoms with Crippen molar-refractivity contribution in [3.05, 3.63) is 18.0 Å². The van der Waals surface area contributed by atoms with Gasteiger partial charge in [-0.15, -0.1) is 0 Å². The molecular weight excluding hydrogens is 302 g/mol. The third-order valence-electron chi connectivity index (χ3n) is 2.60. The molecule has 1 unspecified atom stereocenters. The van der Waals surface area contributed by atoms with Crippen LogP contribution in [0.5, 0.6) is 0 Å². The van der Waals surface area contributed by atoms with Crippen molar-refractivity contribution in [2.24, 2.45) is 11.8 Å². The van der Waals surface area contributed by atoms with Crippen molar-refractivity contribution in [1.82, 2.24) is 9.78 Å². The quantitative estimate of drug-likeness (QED) is 0.802. The van der Waals surface area contributed by atoms with E-state index in [1.165, 1.54) is 12.1 Å². The molecule has 0 aliphatic heterocycles. The molecule has 0 aliphatic rings. The average molecular weight is 310 g/mol. The maximum absolute atomic E-state index is 12.4. The average Bonchev–Trinajstić information content (AvgIpc) is 2.76. The van der Waals surface area contributed by atoms with E-state index in [0.29, 0.717) is 10.7 Å². The summed E-state index contributed by atoms with van der Waals surface area (Å²) in [5.41, 5.74) is -1.25. The zero-order valence-electron chi connectivity index (χ0n) is 10.3. The second-order valence-electron chi connectivity index (χ2n) is 4.24. The summed E-state index contributed by atoms with van der Waals surface area (Å²) in [6, 6.07) is 3.42. The molecule has 114 valence electrons. The van der Waals surface area contributed by atoms with Crippen LogP contribution in [0.2, 0.25) is 0 Å². The van der Waals surface area contributed by atoms with Gasteiger partial charge in [0.1, 0.15) is 5.92 Å². The molecule has 0 fully saturated rings. The van der Waals surface area contributed by atoms with Gasteiger partial charge in [-0.3, -0.25) is 4.68 Å². The lowest BCUT2D eigenvalue weighted by molar-refractivity contribution is -0.148. The van der Waals surface area contributed by atoms with Crippen molar-refractivity contribution in [2.45, 2.75) is 25.3 Å². The number of aromatic nitrogens is 2.